The number of fused-ring (bicyclic) bond motifs is 5. The Morgan fingerprint density at radius 2 is 1.52 bits per heavy atom. The lowest BCUT2D eigenvalue weighted by molar-refractivity contribution is -0.114. The molecule has 0 heteroatoms. The van der Waals surface area contributed by atoms with Gasteiger partial charge in [-0.1, -0.05) is 67.2 Å². The van der Waals surface area contributed by atoms with Gasteiger partial charge in [-0.3, -0.25) is 0 Å². The Kier molecular flexibility index (Phi) is 6.51. The Bertz CT molecular complexity index is 548. The van der Waals surface area contributed by atoms with E-state index in [-0.39, 0.29) is 0 Å². The highest BCUT2D eigenvalue weighted by atomic mass is 14.6. The van der Waals surface area contributed by atoms with Gasteiger partial charge in [0.1, 0.15) is 0 Å². The summed E-state index contributed by atoms with van der Waals surface area (Å²) >= 11 is 0. The average molecular weight is 401 g/mol. The van der Waals surface area contributed by atoms with Crippen LogP contribution in [0.4, 0.5) is 0 Å². The Labute approximate surface area is 183 Å². The van der Waals surface area contributed by atoms with Gasteiger partial charge in [0, 0.05) is 0 Å². The van der Waals surface area contributed by atoms with Gasteiger partial charge in [-0.2, -0.15) is 0 Å². The fourth-order valence-corrected chi connectivity index (χ4v) is 9.96. The van der Waals surface area contributed by atoms with Crippen molar-refractivity contribution in [3.63, 3.8) is 0 Å². The number of rotatable bonds is 6. The lowest BCUT2D eigenvalue weighted by Gasteiger charge is -2.61. The van der Waals surface area contributed by atoms with Crippen molar-refractivity contribution in [2.75, 3.05) is 0 Å². The topological polar surface area (TPSA) is 0 Å². The molecular formula is C29H52. The van der Waals surface area contributed by atoms with Gasteiger partial charge in [0.15, 0.2) is 0 Å². The molecule has 4 rings (SSSR count). The van der Waals surface area contributed by atoms with Crippen LogP contribution in [0.25, 0.3) is 0 Å². The lowest BCUT2D eigenvalue weighted by atomic mass is 9.44. The first kappa shape index (κ1) is 22.2. The van der Waals surface area contributed by atoms with Crippen LogP contribution in [0.3, 0.4) is 0 Å². The van der Waals surface area contributed by atoms with Crippen molar-refractivity contribution in [3.8, 4) is 0 Å². The summed E-state index contributed by atoms with van der Waals surface area (Å²) in [6, 6.07) is 0. The molecule has 0 radical (unpaired) electrons. The molecule has 4 saturated carbocycles. The summed E-state index contributed by atoms with van der Waals surface area (Å²) in [7, 11) is 0. The predicted molar refractivity (Wildman–Crippen MR) is 127 cm³/mol. The zero-order chi connectivity index (χ0) is 20.8. The standard InChI is InChI=1S/C29H52/c1-7-22(20(2)3)12-11-21(4)25-15-16-26-24-14-13-23-10-8-9-18-28(23,5)27(24)17-19-29(25,26)6/h20-27H,7-19H2,1-6H3/t21-,22?,23+,24-,25-,26+,27-,28-,29+/m0/s1. The summed E-state index contributed by atoms with van der Waals surface area (Å²) in [4.78, 5) is 0. The molecule has 4 aliphatic rings. The number of hydrogen-bond acceptors (Lipinski definition) is 0. The van der Waals surface area contributed by atoms with Crippen molar-refractivity contribution >= 4 is 0 Å². The van der Waals surface area contributed by atoms with Crippen molar-refractivity contribution in [2.24, 2.45) is 58.2 Å². The van der Waals surface area contributed by atoms with Gasteiger partial charge in [-0.05, 0) is 116 Å². The maximum Gasteiger partial charge on any atom is -0.0264 e. The van der Waals surface area contributed by atoms with E-state index in [4.69, 9.17) is 0 Å². The van der Waals surface area contributed by atoms with Crippen LogP contribution in [0.1, 0.15) is 125 Å². The van der Waals surface area contributed by atoms with E-state index in [0.29, 0.717) is 10.8 Å². The van der Waals surface area contributed by atoms with Crippen molar-refractivity contribution in [1.82, 2.24) is 0 Å². The first-order chi connectivity index (χ1) is 13.8. The van der Waals surface area contributed by atoms with E-state index in [1.54, 1.807) is 51.4 Å². The van der Waals surface area contributed by atoms with Gasteiger partial charge in [0.05, 0.1) is 0 Å². The molecule has 29 heavy (non-hydrogen) atoms. The number of hydrogen-bond donors (Lipinski definition) is 0. The molecule has 0 aliphatic heterocycles. The van der Waals surface area contributed by atoms with Gasteiger partial charge in [-0.15, -0.1) is 0 Å². The van der Waals surface area contributed by atoms with Crippen LogP contribution < -0.4 is 0 Å². The molecular weight excluding hydrogens is 348 g/mol. The Balaban J connectivity index is 1.45. The Morgan fingerprint density at radius 1 is 0.759 bits per heavy atom. The second kappa shape index (κ2) is 8.50. The van der Waals surface area contributed by atoms with Crippen LogP contribution in [0.15, 0.2) is 0 Å². The largest absolute Gasteiger partial charge is 0.0651 e. The fraction of sp³-hybridized carbons (Fsp3) is 1.00. The first-order valence-corrected chi connectivity index (χ1v) is 13.8. The molecule has 0 amide bonds. The summed E-state index contributed by atoms with van der Waals surface area (Å²) in [5, 5.41) is 0. The quantitative estimate of drug-likeness (QED) is 0.417. The third-order valence-electron chi connectivity index (χ3n) is 11.8. The summed E-state index contributed by atoms with van der Waals surface area (Å²) in [5.41, 5.74) is 1.37. The minimum Gasteiger partial charge on any atom is -0.0651 e. The third-order valence-corrected chi connectivity index (χ3v) is 11.8. The minimum atomic E-state index is 0.665. The van der Waals surface area contributed by atoms with Crippen LogP contribution in [0.2, 0.25) is 0 Å². The van der Waals surface area contributed by atoms with Crippen LogP contribution in [-0.2, 0) is 0 Å². The molecule has 0 saturated heterocycles. The van der Waals surface area contributed by atoms with Gasteiger partial charge >= 0.3 is 0 Å². The molecule has 0 aromatic heterocycles. The molecule has 0 bridgehead atoms. The highest BCUT2D eigenvalue weighted by Crippen LogP contribution is 2.68. The second-order valence-corrected chi connectivity index (χ2v) is 13.1. The molecule has 0 aromatic carbocycles. The van der Waals surface area contributed by atoms with Crippen molar-refractivity contribution in [1.29, 1.82) is 0 Å². The van der Waals surface area contributed by atoms with Crippen molar-refractivity contribution < 1.29 is 0 Å². The Hall–Kier alpha value is 0. The molecule has 4 aliphatic carbocycles. The molecule has 9 atom stereocenters. The summed E-state index contributed by atoms with van der Waals surface area (Å²) in [6.07, 6.45) is 19.8. The molecule has 0 aromatic rings. The molecule has 1 unspecified atom stereocenters. The zero-order valence-electron chi connectivity index (χ0n) is 20.8. The van der Waals surface area contributed by atoms with Crippen LogP contribution >= 0.6 is 0 Å². The normalized spacial score (nSPS) is 46.7. The van der Waals surface area contributed by atoms with E-state index in [9.17, 15) is 0 Å². The van der Waals surface area contributed by atoms with E-state index in [1.165, 1.54) is 32.1 Å². The van der Waals surface area contributed by atoms with Gasteiger partial charge < -0.3 is 0 Å². The molecule has 168 valence electrons. The Morgan fingerprint density at radius 3 is 2.24 bits per heavy atom. The fourth-order valence-electron chi connectivity index (χ4n) is 9.96. The van der Waals surface area contributed by atoms with Crippen molar-refractivity contribution in [2.45, 2.75) is 125 Å². The van der Waals surface area contributed by atoms with E-state index < -0.39 is 0 Å². The molecule has 0 N–H and O–H groups in total. The highest BCUT2D eigenvalue weighted by molar-refractivity contribution is 5.09. The van der Waals surface area contributed by atoms with Crippen LogP contribution in [-0.4, -0.2) is 0 Å². The third kappa shape index (κ3) is 3.75. The van der Waals surface area contributed by atoms with Crippen molar-refractivity contribution in [3.05, 3.63) is 0 Å². The van der Waals surface area contributed by atoms with E-state index in [0.717, 1.165) is 47.3 Å². The summed E-state index contributed by atoms with van der Waals surface area (Å²) in [6.45, 7) is 15.4. The van der Waals surface area contributed by atoms with E-state index in [1.807, 2.05) is 0 Å². The second-order valence-electron chi connectivity index (χ2n) is 13.1. The maximum absolute atomic E-state index is 2.76. The van der Waals surface area contributed by atoms with Gasteiger partial charge in [0.2, 0.25) is 0 Å². The smallest absolute Gasteiger partial charge is 0.0264 e. The predicted octanol–water partition coefficient (Wildman–Crippen LogP) is 9.13. The lowest BCUT2D eigenvalue weighted by Crippen LogP contribution is -2.53. The molecule has 0 spiro atoms. The van der Waals surface area contributed by atoms with Crippen LogP contribution in [0, 0.1) is 58.2 Å². The minimum absolute atomic E-state index is 0.665. The maximum atomic E-state index is 2.76. The first-order valence-electron chi connectivity index (χ1n) is 13.8. The van der Waals surface area contributed by atoms with Gasteiger partial charge in [-0.25, -0.2) is 0 Å². The summed E-state index contributed by atoms with van der Waals surface area (Å²) in [5.74, 6) is 8.02. The SMILES string of the molecule is CCC(CC[C@H](C)[C@@H]1CC[C@@H]2[C@@H]3CC[C@H]4CCCC[C@]4(C)[C@H]3CC[C@@]21C)C(C)C. The monoisotopic (exact) mass is 400 g/mol. The molecule has 4 fully saturated rings. The summed E-state index contributed by atoms with van der Waals surface area (Å²) < 4.78 is 0. The molecule has 0 nitrogen and oxygen atoms in total. The highest BCUT2D eigenvalue weighted by Gasteiger charge is 2.60. The van der Waals surface area contributed by atoms with E-state index in [2.05, 4.69) is 41.5 Å². The zero-order valence-corrected chi connectivity index (χ0v) is 20.8. The molecule has 0 heterocycles. The average Bonchev–Trinajstić information content (AvgIpc) is 3.05. The van der Waals surface area contributed by atoms with E-state index >= 15 is 0 Å². The van der Waals surface area contributed by atoms with Gasteiger partial charge in [0.25, 0.3) is 0 Å². The van der Waals surface area contributed by atoms with Crippen LogP contribution in [0.5, 0.6) is 0 Å².